The van der Waals surface area contributed by atoms with Crippen molar-refractivity contribution in [3.8, 4) is 6.07 Å². The molecular formula is C16H21N5O. The fraction of sp³-hybridized carbons (Fsp3) is 0.438. The molecule has 0 bridgehead atoms. The molecule has 1 fully saturated rings. The number of hydrogen-bond donors (Lipinski definition) is 1. The van der Waals surface area contributed by atoms with Crippen LogP contribution in [-0.2, 0) is 11.2 Å². The van der Waals surface area contributed by atoms with E-state index in [-0.39, 0.29) is 11.6 Å². The summed E-state index contributed by atoms with van der Waals surface area (Å²) in [5.41, 5.74) is 4.66. The van der Waals surface area contributed by atoms with Gasteiger partial charge in [0.1, 0.15) is 6.07 Å². The van der Waals surface area contributed by atoms with Crippen LogP contribution in [0.15, 0.2) is 29.4 Å². The SMILES string of the molecule is CCc1ccc(N/N=C(/C#N)C(=O)N2CCN(C)CC2)cc1. The van der Waals surface area contributed by atoms with Gasteiger partial charge in [0.25, 0.3) is 5.91 Å². The zero-order valence-electron chi connectivity index (χ0n) is 13.0. The summed E-state index contributed by atoms with van der Waals surface area (Å²) in [6.07, 6.45) is 0.967. The summed E-state index contributed by atoms with van der Waals surface area (Å²) in [6, 6.07) is 9.64. The first-order valence-electron chi connectivity index (χ1n) is 7.44. The second-order valence-electron chi connectivity index (χ2n) is 5.33. The van der Waals surface area contributed by atoms with Gasteiger partial charge in [-0.2, -0.15) is 10.4 Å². The molecule has 1 heterocycles. The highest BCUT2D eigenvalue weighted by atomic mass is 16.2. The number of carbonyl (C=O) groups excluding carboxylic acids is 1. The van der Waals surface area contributed by atoms with Crippen LogP contribution in [0.2, 0.25) is 0 Å². The number of nitriles is 1. The zero-order chi connectivity index (χ0) is 15.9. The van der Waals surface area contributed by atoms with Crippen LogP contribution in [0.4, 0.5) is 5.69 Å². The summed E-state index contributed by atoms with van der Waals surface area (Å²) in [7, 11) is 2.02. The number of benzene rings is 1. The van der Waals surface area contributed by atoms with Crippen molar-refractivity contribution in [2.45, 2.75) is 13.3 Å². The average Bonchev–Trinajstić information content (AvgIpc) is 2.56. The number of aryl methyl sites for hydroxylation is 1. The monoisotopic (exact) mass is 299 g/mol. The predicted molar refractivity (Wildman–Crippen MR) is 86.6 cm³/mol. The number of hydrogen-bond acceptors (Lipinski definition) is 5. The van der Waals surface area contributed by atoms with Gasteiger partial charge in [-0.05, 0) is 31.2 Å². The Bertz CT molecular complexity index is 580. The van der Waals surface area contributed by atoms with E-state index in [0.717, 1.165) is 25.2 Å². The number of nitrogens with one attached hydrogen (secondary N) is 1. The fourth-order valence-corrected chi connectivity index (χ4v) is 2.22. The van der Waals surface area contributed by atoms with Crippen LogP contribution in [0.1, 0.15) is 12.5 Å². The third-order valence-electron chi connectivity index (χ3n) is 3.76. The maximum atomic E-state index is 12.3. The van der Waals surface area contributed by atoms with E-state index in [2.05, 4.69) is 22.4 Å². The van der Waals surface area contributed by atoms with E-state index < -0.39 is 0 Å². The van der Waals surface area contributed by atoms with Crippen molar-refractivity contribution in [2.75, 3.05) is 38.7 Å². The van der Waals surface area contributed by atoms with E-state index in [1.54, 1.807) is 4.90 Å². The first-order valence-corrected chi connectivity index (χ1v) is 7.44. The fourth-order valence-electron chi connectivity index (χ4n) is 2.22. The lowest BCUT2D eigenvalue weighted by atomic mass is 10.2. The summed E-state index contributed by atoms with van der Waals surface area (Å²) in [4.78, 5) is 16.1. The molecule has 6 heteroatoms. The number of likely N-dealkylation sites (N-methyl/N-ethyl adjacent to an activating group) is 1. The lowest BCUT2D eigenvalue weighted by molar-refractivity contribution is -0.125. The van der Waals surface area contributed by atoms with Crippen LogP contribution in [0.5, 0.6) is 0 Å². The normalized spacial score (nSPS) is 16.2. The van der Waals surface area contributed by atoms with Crippen molar-refractivity contribution in [3.05, 3.63) is 29.8 Å². The van der Waals surface area contributed by atoms with E-state index in [4.69, 9.17) is 5.26 Å². The maximum absolute atomic E-state index is 12.3. The van der Waals surface area contributed by atoms with Crippen molar-refractivity contribution in [1.29, 1.82) is 5.26 Å². The largest absolute Gasteiger partial charge is 0.334 e. The Morgan fingerprint density at radius 2 is 1.91 bits per heavy atom. The van der Waals surface area contributed by atoms with Gasteiger partial charge in [-0.25, -0.2) is 0 Å². The van der Waals surface area contributed by atoms with E-state index in [0.29, 0.717) is 13.1 Å². The molecule has 1 amide bonds. The molecule has 0 saturated carbocycles. The van der Waals surface area contributed by atoms with E-state index >= 15 is 0 Å². The molecule has 2 rings (SSSR count). The minimum atomic E-state index is -0.312. The summed E-state index contributed by atoms with van der Waals surface area (Å²) < 4.78 is 0. The second kappa shape index (κ2) is 7.57. The number of nitrogens with zero attached hydrogens (tertiary/aromatic N) is 4. The smallest absolute Gasteiger partial charge is 0.285 e. The highest BCUT2D eigenvalue weighted by molar-refractivity contribution is 6.45. The van der Waals surface area contributed by atoms with Crippen LogP contribution >= 0.6 is 0 Å². The standard InChI is InChI=1S/C16H21N5O/c1-3-13-4-6-14(7-5-13)18-19-15(12-17)16(22)21-10-8-20(2)9-11-21/h4-7,18H,3,8-11H2,1-2H3/b19-15-. The van der Waals surface area contributed by atoms with Crippen LogP contribution in [0.3, 0.4) is 0 Å². The maximum Gasteiger partial charge on any atom is 0.285 e. The van der Waals surface area contributed by atoms with Crippen molar-refractivity contribution in [2.24, 2.45) is 5.10 Å². The molecule has 1 N–H and O–H groups in total. The Morgan fingerprint density at radius 3 is 2.45 bits per heavy atom. The molecule has 1 aliphatic heterocycles. The summed E-state index contributed by atoms with van der Waals surface area (Å²) in [5.74, 6) is -0.312. The van der Waals surface area contributed by atoms with Gasteiger partial charge in [-0.1, -0.05) is 19.1 Å². The van der Waals surface area contributed by atoms with Crippen molar-refractivity contribution in [3.63, 3.8) is 0 Å². The third kappa shape index (κ3) is 4.06. The van der Waals surface area contributed by atoms with Crippen LogP contribution in [0.25, 0.3) is 0 Å². The van der Waals surface area contributed by atoms with Crippen molar-refractivity contribution < 1.29 is 4.79 Å². The molecule has 0 aromatic heterocycles. The molecule has 1 aliphatic rings. The second-order valence-corrected chi connectivity index (χ2v) is 5.33. The van der Waals surface area contributed by atoms with E-state index in [1.807, 2.05) is 37.4 Å². The third-order valence-corrected chi connectivity index (χ3v) is 3.76. The molecule has 1 saturated heterocycles. The van der Waals surface area contributed by atoms with Gasteiger partial charge in [0.05, 0.1) is 5.69 Å². The first-order chi connectivity index (χ1) is 10.6. The van der Waals surface area contributed by atoms with Gasteiger partial charge in [0.2, 0.25) is 5.71 Å². The van der Waals surface area contributed by atoms with Crippen LogP contribution in [-0.4, -0.2) is 54.6 Å². The van der Waals surface area contributed by atoms with E-state index in [1.165, 1.54) is 5.56 Å². The van der Waals surface area contributed by atoms with Crippen LogP contribution in [0, 0.1) is 11.3 Å². The van der Waals surface area contributed by atoms with Gasteiger partial charge in [0, 0.05) is 26.2 Å². The molecule has 0 atom stereocenters. The highest BCUT2D eigenvalue weighted by Gasteiger charge is 2.23. The number of rotatable bonds is 4. The topological polar surface area (TPSA) is 71.7 Å². The van der Waals surface area contributed by atoms with Gasteiger partial charge in [-0.15, -0.1) is 0 Å². The quantitative estimate of drug-likeness (QED) is 0.672. The minimum absolute atomic E-state index is 0.107. The number of carbonyl (C=O) groups is 1. The summed E-state index contributed by atoms with van der Waals surface area (Å²) >= 11 is 0. The number of anilines is 1. The van der Waals surface area contributed by atoms with Crippen LogP contribution < -0.4 is 5.43 Å². The number of hydrazone groups is 1. The van der Waals surface area contributed by atoms with Gasteiger partial charge in [0.15, 0.2) is 0 Å². The number of amides is 1. The van der Waals surface area contributed by atoms with Gasteiger partial charge >= 0.3 is 0 Å². The van der Waals surface area contributed by atoms with Crippen molar-refractivity contribution in [1.82, 2.24) is 9.80 Å². The summed E-state index contributed by atoms with van der Waals surface area (Å²) in [6.45, 7) is 4.97. The molecule has 0 radical (unpaired) electrons. The Kier molecular flexibility index (Phi) is 5.50. The molecule has 116 valence electrons. The molecule has 6 nitrogen and oxygen atoms in total. The van der Waals surface area contributed by atoms with Gasteiger partial charge < -0.3 is 9.80 Å². The average molecular weight is 299 g/mol. The predicted octanol–water partition coefficient (Wildman–Crippen LogP) is 1.31. The Morgan fingerprint density at radius 1 is 1.27 bits per heavy atom. The van der Waals surface area contributed by atoms with E-state index in [9.17, 15) is 4.79 Å². The molecule has 1 aromatic rings. The van der Waals surface area contributed by atoms with Gasteiger partial charge in [-0.3, -0.25) is 10.2 Å². The zero-order valence-corrected chi connectivity index (χ0v) is 13.0. The Labute approximate surface area is 131 Å². The Balaban J connectivity index is 2.00. The molecule has 1 aromatic carbocycles. The van der Waals surface area contributed by atoms with Crippen molar-refractivity contribution >= 4 is 17.3 Å². The number of piperazine rings is 1. The summed E-state index contributed by atoms with van der Waals surface area (Å²) in [5, 5.41) is 13.1. The minimum Gasteiger partial charge on any atom is -0.334 e. The molecule has 22 heavy (non-hydrogen) atoms. The highest BCUT2D eigenvalue weighted by Crippen LogP contribution is 2.10. The molecular weight excluding hydrogens is 278 g/mol. The Hall–Kier alpha value is -2.39. The molecule has 0 unspecified atom stereocenters. The lowest BCUT2D eigenvalue weighted by Gasteiger charge is -2.31. The molecule has 0 spiro atoms. The first kappa shape index (κ1) is 16.0. The molecule has 0 aliphatic carbocycles. The lowest BCUT2D eigenvalue weighted by Crippen LogP contribution is -2.49.